The molecule has 0 N–H and O–H groups in total. The van der Waals surface area contributed by atoms with Crippen molar-refractivity contribution in [2.75, 3.05) is 29.4 Å². The van der Waals surface area contributed by atoms with Gasteiger partial charge in [-0.2, -0.15) is 4.98 Å². The maximum absolute atomic E-state index is 5.09. The molecular formula is C27H35ClN4S. The first-order valence-corrected chi connectivity index (χ1v) is 12.5. The van der Waals surface area contributed by atoms with Crippen molar-refractivity contribution >= 4 is 46.8 Å². The lowest BCUT2D eigenvalue weighted by molar-refractivity contribution is 0.802. The second-order valence-corrected chi connectivity index (χ2v) is 10.0. The molecule has 4 nitrogen and oxygen atoms in total. The molecule has 1 aliphatic heterocycles. The number of nitrogens with zero attached hydrogens (tertiary/aromatic N) is 4. The maximum atomic E-state index is 5.09. The van der Waals surface area contributed by atoms with Crippen LogP contribution in [0.3, 0.4) is 0 Å². The van der Waals surface area contributed by atoms with Gasteiger partial charge in [0, 0.05) is 36.3 Å². The fraction of sp³-hybridized carbons (Fsp3) is 0.407. The summed E-state index contributed by atoms with van der Waals surface area (Å²) in [6, 6.07) is 10.8. The Hall–Kier alpha value is -2.37. The van der Waals surface area contributed by atoms with Gasteiger partial charge < -0.3 is 9.80 Å². The number of aromatic nitrogens is 2. The van der Waals surface area contributed by atoms with Crippen molar-refractivity contribution in [1.29, 1.82) is 0 Å². The number of halogens is 1. The summed E-state index contributed by atoms with van der Waals surface area (Å²) in [6.07, 6.45) is 3.41. The summed E-state index contributed by atoms with van der Waals surface area (Å²) in [7, 11) is 0. The molecule has 0 saturated carbocycles. The van der Waals surface area contributed by atoms with Crippen molar-refractivity contribution in [3.63, 3.8) is 0 Å². The second-order valence-electron chi connectivity index (χ2n) is 8.92. The van der Waals surface area contributed by atoms with E-state index in [0.717, 1.165) is 43.5 Å². The number of thiophene rings is 1. The van der Waals surface area contributed by atoms with Crippen molar-refractivity contribution in [3.05, 3.63) is 69.0 Å². The highest BCUT2D eigenvalue weighted by atomic mass is 35.5. The van der Waals surface area contributed by atoms with Crippen LogP contribution in [0.15, 0.2) is 41.8 Å². The Balaban J connectivity index is 0.00000306. The van der Waals surface area contributed by atoms with Gasteiger partial charge in [0.15, 0.2) is 0 Å². The van der Waals surface area contributed by atoms with Crippen LogP contribution in [-0.4, -0.2) is 29.6 Å². The fourth-order valence-corrected chi connectivity index (χ4v) is 5.54. The van der Waals surface area contributed by atoms with Gasteiger partial charge in [0.1, 0.15) is 5.82 Å². The molecule has 0 bridgehead atoms. The highest BCUT2D eigenvalue weighted by Gasteiger charge is 2.23. The molecule has 0 aliphatic carbocycles. The SMILES string of the molecule is CCN(c1nc(C)cc(N2CCC=C(c3ccccc3C)C2)n1)c1c(C(C)C)csc1C.Cl. The Labute approximate surface area is 208 Å². The molecule has 2 aromatic heterocycles. The predicted octanol–water partition coefficient (Wildman–Crippen LogP) is 7.46. The quantitative estimate of drug-likeness (QED) is 0.365. The highest BCUT2D eigenvalue weighted by molar-refractivity contribution is 7.10. The molecule has 0 unspecified atom stereocenters. The molecule has 6 heteroatoms. The first kappa shape index (κ1) is 25.3. The van der Waals surface area contributed by atoms with Crippen LogP contribution in [0.25, 0.3) is 5.57 Å². The van der Waals surface area contributed by atoms with Crippen LogP contribution in [0.4, 0.5) is 17.5 Å². The van der Waals surface area contributed by atoms with Crippen LogP contribution in [0.5, 0.6) is 0 Å². The second kappa shape index (κ2) is 10.7. The topological polar surface area (TPSA) is 32.3 Å². The molecule has 33 heavy (non-hydrogen) atoms. The molecule has 1 aromatic carbocycles. The Morgan fingerprint density at radius 2 is 1.88 bits per heavy atom. The van der Waals surface area contributed by atoms with E-state index in [-0.39, 0.29) is 12.4 Å². The molecule has 4 rings (SSSR count). The minimum absolute atomic E-state index is 0. The Kier molecular flexibility index (Phi) is 8.19. The van der Waals surface area contributed by atoms with Gasteiger partial charge in [-0.3, -0.25) is 0 Å². The number of benzene rings is 1. The van der Waals surface area contributed by atoms with Crippen LogP contribution in [0.1, 0.15) is 60.4 Å². The largest absolute Gasteiger partial charge is 0.352 e. The highest BCUT2D eigenvalue weighted by Crippen LogP contribution is 2.39. The Bertz CT molecular complexity index is 1130. The van der Waals surface area contributed by atoms with E-state index < -0.39 is 0 Å². The predicted molar refractivity (Wildman–Crippen MR) is 146 cm³/mol. The summed E-state index contributed by atoms with van der Waals surface area (Å²) in [6.45, 7) is 15.9. The normalized spacial score (nSPS) is 13.7. The lowest BCUT2D eigenvalue weighted by Gasteiger charge is -2.31. The summed E-state index contributed by atoms with van der Waals surface area (Å²) < 4.78 is 0. The molecule has 1 aliphatic rings. The summed E-state index contributed by atoms with van der Waals surface area (Å²) in [4.78, 5) is 16.0. The molecule has 0 saturated heterocycles. The smallest absolute Gasteiger partial charge is 0.232 e. The number of aryl methyl sites for hydroxylation is 3. The Morgan fingerprint density at radius 3 is 2.58 bits per heavy atom. The van der Waals surface area contributed by atoms with Gasteiger partial charge in [-0.1, -0.05) is 44.2 Å². The molecule has 0 radical (unpaired) electrons. The number of anilines is 3. The Morgan fingerprint density at radius 1 is 1.12 bits per heavy atom. The number of hydrogen-bond donors (Lipinski definition) is 0. The molecular weight excluding hydrogens is 448 g/mol. The molecule has 3 heterocycles. The van der Waals surface area contributed by atoms with E-state index >= 15 is 0 Å². The van der Waals surface area contributed by atoms with Crippen molar-refractivity contribution in [1.82, 2.24) is 9.97 Å². The minimum Gasteiger partial charge on any atom is -0.352 e. The van der Waals surface area contributed by atoms with E-state index in [1.165, 1.54) is 32.8 Å². The zero-order valence-corrected chi connectivity index (χ0v) is 22.2. The van der Waals surface area contributed by atoms with Crippen LogP contribution in [-0.2, 0) is 0 Å². The first-order chi connectivity index (χ1) is 15.4. The van der Waals surface area contributed by atoms with Gasteiger partial charge in [-0.25, -0.2) is 4.98 Å². The van der Waals surface area contributed by atoms with E-state index in [4.69, 9.17) is 9.97 Å². The van der Waals surface area contributed by atoms with Crippen molar-refractivity contribution in [3.8, 4) is 0 Å². The van der Waals surface area contributed by atoms with Gasteiger partial charge in [-0.15, -0.1) is 23.7 Å². The third-order valence-electron chi connectivity index (χ3n) is 6.21. The van der Waals surface area contributed by atoms with E-state index in [1.54, 1.807) is 0 Å². The van der Waals surface area contributed by atoms with E-state index in [0.29, 0.717) is 5.92 Å². The lowest BCUT2D eigenvalue weighted by Crippen LogP contribution is -2.31. The number of rotatable bonds is 6. The van der Waals surface area contributed by atoms with Gasteiger partial charge >= 0.3 is 0 Å². The summed E-state index contributed by atoms with van der Waals surface area (Å²) in [5.41, 5.74) is 7.72. The van der Waals surface area contributed by atoms with Crippen LogP contribution < -0.4 is 9.80 Å². The fourth-order valence-electron chi connectivity index (χ4n) is 4.51. The standard InChI is InChI=1S/C27H34N4S.ClH/c1-7-31(26-21(6)32-17-24(26)18(2)3)27-28-20(5)15-25(29-27)30-14-10-12-22(16-30)23-13-9-8-11-19(23)4;/h8-9,11-13,15,17-18H,7,10,14,16H2,1-6H3;1H. The van der Waals surface area contributed by atoms with Gasteiger partial charge in [0.25, 0.3) is 0 Å². The third-order valence-corrected chi connectivity index (χ3v) is 7.13. The number of hydrogen-bond acceptors (Lipinski definition) is 5. The average Bonchev–Trinajstić information content (AvgIpc) is 3.16. The van der Waals surface area contributed by atoms with Crippen LogP contribution in [0.2, 0.25) is 0 Å². The zero-order chi connectivity index (χ0) is 22.8. The molecule has 3 aromatic rings. The average molecular weight is 483 g/mol. The van der Waals surface area contributed by atoms with Crippen LogP contribution >= 0.6 is 23.7 Å². The van der Waals surface area contributed by atoms with Gasteiger partial charge in [0.05, 0.1) is 5.69 Å². The molecule has 0 fully saturated rings. The van der Waals surface area contributed by atoms with E-state index in [9.17, 15) is 0 Å². The molecule has 0 amide bonds. The third kappa shape index (κ3) is 5.25. The lowest BCUT2D eigenvalue weighted by atomic mass is 9.97. The molecule has 0 spiro atoms. The summed E-state index contributed by atoms with van der Waals surface area (Å²) in [5, 5.41) is 2.29. The monoisotopic (exact) mass is 482 g/mol. The first-order valence-electron chi connectivity index (χ1n) is 11.6. The van der Waals surface area contributed by atoms with Crippen molar-refractivity contribution < 1.29 is 0 Å². The summed E-state index contributed by atoms with van der Waals surface area (Å²) in [5.74, 6) is 2.29. The van der Waals surface area contributed by atoms with E-state index in [2.05, 4.69) is 93.1 Å². The van der Waals surface area contributed by atoms with Gasteiger partial charge in [0.2, 0.25) is 5.95 Å². The maximum Gasteiger partial charge on any atom is 0.232 e. The summed E-state index contributed by atoms with van der Waals surface area (Å²) >= 11 is 1.82. The van der Waals surface area contributed by atoms with E-state index in [1.807, 2.05) is 11.3 Å². The molecule has 0 atom stereocenters. The van der Waals surface area contributed by atoms with Crippen LogP contribution in [0, 0.1) is 20.8 Å². The molecule has 176 valence electrons. The van der Waals surface area contributed by atoms with Gasteiger partial charge in [-0.05, 0) is 67.7 Å². The minimum atomic E-state index is 0. The van der Waals surface area contributed by atoms with Crippen molar-refractivity contribution in [2.45, 2.75) is 53.9 Å². The van der Waals surface area contributed by atoms with Crippen molar-refractivity contribution in [2.24, 2.45) is 0 Å². The zero-order valence-electron chi connectivity index (χ0n) is 20.6.